The molecular formula is C30H35FN8. The van der Waals surface area contributed by atoms with Gasteiger partial charge in [-0.15, -0.1) is 0 Å². The van der Waals surface area contributed by atoms with Crippen molar-refractivity contribution in [1.29, 1.82) is 0 Å². The van der Waals surface area contributed by atoms with Gasteiger partial charge < -0.3 is 26.3 Å². The maximum atomic E-state index is 14.8. The second kappa shape index (κ2) is 10.7. The van der Waals surface area contributed by atoms with E-state index in [1.54, 1.807) is 6.07 Å². The number of aromatic amines is 2. The van der Waals surface area contributed by atoms with Gasteiger partial charge in [-0.05, 0) is 93.5 Å². The third-order valence-corrected chi connectivity index (χ3v) is 7.60. The van der Waals surface area contributed by atoms with Crippen LogP contribution in [-0.2, 0) is 6.42 Å². The minimum Gasteiger partial charge on any atom is -0.402 e. The van der Waals surface area contributed by atoms with Crippen LogP contribution in [0.25, 0.3) is 28.0 Å². The summed E-state index contributed by atoms with van der Waals surface area (Å²) in [4.78, 5) is 10.6. The zero-order chi connectivity index (χ0) is 26.9. The van der Waals surface area contributed by atoms with Crippen LogP contribution >= 0.6 is 0 Å². The number of hydrogen-bond donors (Lipinski definition) is 5. The average molecular weight is 527 g/mol. The van der Waals surface area contributed by atoms with Gasteiger partial charge in [0.15, 0.2) is 5.82 Å². The Kier molecular flexibility index (Phi) is 6.93. The number of fused-ring (bicyclic) bond motifs is 2. The second-order valence-electron chi connectivity index (χ2n) is 10.8. The van der Waals surface area contributed by atoms with Gasteiger partial charge in [0.1, 0.15) is 11.5 Å². The first-order valence-corrected chi connectivity index (χ1v) is 13.6. The Morgan fingerprint density at radius 1 is 1.08 bits per heavy atom. The highest BCUT2D eigenvalue weighted by Gasteiger charge is 2.23. The number of imidazole rings is 1. The lowest BCUT2D eigenvalue weighted by molar-refractivity contribution is 0.425. The average Bonchev–Trinajstić information content (AvgIpc) is 3.49. The molecule has 0 unspecified atom stereocenters. The van der Waals surface area contributed by atoms with E-state index in [1.165, 1.54) is 11.6 Å². The van der Waals surface area contributed by atoms with Crippen LogP contribution in [0.1, 0.15) is 41.3 Å². The number of nitrogens with zero attached hydrogens (tertiary/aromatic N) is 3. The van der Waals surface area contributed by atoms with Crippen LogP contribution in [0.5, 0.6) is 0 Å². The Labute approximate surface area is 227 Å². The molecule has 3 heterocycles. The number of aromatic nitrogens is 4. The maximum absolute atomic E-state index is 14.8. The summed E-state index contributed by atoms with van der Waals surface area (Å²) in [7, 11) is 4.03. The molecule has 4 aromatic rings. The van der Waals surface area contributed by atoms with Crippen LogP contribution in [-0.4, -0.2) is 65.3 Å². The third-order valence-electron chi connectivity index (χ3n) is 7.60. The number of H-pyrrole nitrogens is 2. The van der Waals surface area contributed by atoms with Gasteiger partial charge in [0.2, 0.25) is 0 Å². The maximum Gasteiger partial charge on any atom is 0.159 e. The molecule has 2 aromatic carbocycles. The molecule has 6 rings (SSSR count). The summed E-state index contributed by atoms with van der Waals surface area (Å²) in [5.74, 6) is 0.915. The predicted molar refractivity (Wildman–Crippen MR) is 155 cm³/mol. The van der Waals surface area contributed by atoms with E-state index in [0.717, 1.165) is 77.3 Å². The minimum absolute atomic E-state index is 0.303. The standard InChI is InChI=1S/C30H35FN8/c1-39(2)12-11-34-23-14-20(13-21(31)16-23)24-5-4-22(32)17-27-28(24)36-30(35-27)29-25-15-19(3-6-26(25)37-38-29)18-7-9-33-10-8-18/h3-6,13-16,18,33-34H,7-12,17,32H2,1-2H3,(H,35,36)(H,37,38). The molecule has 0 saturated carbocycles. The predicted octanol–water partition coefficient (Wildman–Crippen LogP) is 4.36. The van der Waals surface area contributed by atoms with Gasteiger partial charge in [-0.3, -0.25) is 5.10 Å². The van der Waals surface area contributed by atoms with Crippen molar-refractivity contribution >= 4 is 22.2 Å². The van der Waals surface area contributed by atoms with Gasteiger partial charge >= 0.3 is 0 Å². The fraction of sp³-hybridized carbons (Fsp3) is 0.333. The summed E-state index contributed by atoms with van der Waals surface area (Å²) in [5, 5.41) is 15.6. The van der Waals surface area contributed by atoms with Crippen LogP contribution in [0.15, 0.2) is 54.2 Å². The molecule has 0 bridgehead atoms. The number of nitrogens with one attached hydrogen (secondary N) is 4. The van der Waals surface area contributed by atoms with Crippen molar-refractivity contribution in [1.82, 2.24) is 30.4 Å². The molecule has 1 fully saturated rings. The monoisotopic (exact) mass is 526 g/mol. The minimum atomic E-state index is -0.303. The molecule has 0 amide bonds. The summed E-state index contributed by atoms with van der Waals surface area (Å²) < 4.78 is 14.8. The number of piperidine rings is 1. The van der Waals surface area contributed by atoms with Crippen molar-refractivity contribution in [3.8, 4) is 11.5 Å². The molecular weight excluding hydrogens is 491 g/mol. The Balaban J connectivity index is 1.37. The van der Waals surface area contributed by atoms with Crippen LogP contribution < -0.4 is 16.4 Å². The quantitative estimate of drug-likeness (QED) is 0.245. The molecule has 6 N–H and O–H groups in total. The number of benzene rings is 2. The van der Waals surface area contributed by atoms with E-state index in [1.807, 2.05) is 32.3 Å². The molecule has 1 aliphatic carbocycles. The first kappa shape index (κ1) is 25.3. The zero-order valence-corrected chi connectivity index (χ0v) is 22.4. The summed E-state index contributed by atoms with van der Waals surface area (Å²) in [6.07, 6.45) is 6.60. The lowest BCUT2D eigenvalue weighted by Gasteiger charge is -2.23. The molecule has 0 spiro atoms. The number of anilines is 1. The van der Waals surface area contributed by atoms with Crippen molar-refractivity contribution < 1.29 is 4.39 Å². The summed E-state index contributed by atoms with van der Waals surface area (Å²) in [6.45, 7) is 3.65. The Morgan fingerprint density at radius 3 is 2.74 bits per heavy atom. The number of allylic oxidation sites excluding steroid dienone is 3. The largest absolute Gasteiger partial charge is 0.402 e. The van der Waals surface area contributed by atoms with Gasteiger partial charge in [-0.2, -0.15) is 5.10 Å². The van der Waals surface area contributed by atoms with E-state index >= 15 is 0 Å². The normalized spacial score (nSPS) is 16.2. The fourth-order valence-electron chi connectivity index (χ4n) is 5.53. The van der Waals surface area contributed by atoms with Crippen molar-refractivity contribution in [2.45, 2.75) is 25.2 Å². The molecule has 8 nitrogen and oxygen atoms in total. The highest BCUT2D eigenvalue weighted by molar-refractivity contribution is 5.92. The molecule has 0 atom stereocenters. The van der Waals surface area contributed by atoms with Gasteiger partial charge in [0.05, 0.1) is 11.2 Å². The lowest BCUT2D eigenvalue weighted by atomic mass is 9.89. The zero-order valence-electron chi connectivity index (χ0n) is 22.4. The van der Waals surface area contributed by atoms with E-state index in [0.29, 0.717) is 30.4 Å². The molecule has 2 aromatic heterocycles. The van der Waals surface area contributed by atoms with Crippen LogP contribution in [0.4, 0.5) is 10.1 Å². The second-order valence-corrected chi connectivity index (χ2v) is 10.8. The number of halogens is 1. The Morgan fingerprint density at radius 2 is 1.92 bits per heavy atom. The summed E-state index contributed by atoms with van der Waals surface area (Å²) in [5.41, 5.74) is 14.1. The Hall–Kier alpha value is -3.95. The number of rotatable bonds is 7. The lowest BCUT2D eigenvalue weighted by Crippen LogP contribution is -2.26. The SMILES string of the molecule is CN(C)CCNc1cc(F)cc(C2=CC=C(N)Cc3[nH]c(-c4n[nH]c5ccc(C6CCNCC6)cc45)nc32)c1. The molecule has 39 heavy (non-hydrogen) atoms. The van der Waals surface area contributed by atoms with Crippen LogP contribution in [0, 0.1) is 5.82 Å². The molecule has 1 saturated heterocycles. The van der Waals surface area contributed by atoms with Crippen LogP contribution in [0.2, 0.25) is 0 Å². The van der Waals surface area contributed by atoms with E-state index in [-0.39, 0.29) is 5.82 Å². The van der Waals surface area contributed by atoms with E-state index in [9.17, 15) is 4.39 Å². The van der Waals surface area contributed by atoms with Crippen molar-refractivity contribution in [2.24, 2.45) is 5.73 Å². The van der Waals surface area contributed by atoms with Gasteiger partial charge in [-0.25, -0.2) is 9.37 Å². The van der Waals surface area contributed by atoms with Gasteiger partial charge in [0.25, 0.3) is 0 Å². The summed E-state index contributed by atoms with van der Waals surface area (Å²) in [6, 6.07) is 11.6. The molecule has 1 aliphatic heterocycles. The highest BCUT2D eigenvalue weighted by Crippen LogP contribution is 2.35. The molecule has 9 heteroatoms. The number of likely N-dealkylation sites (N-methyl/N-ethyl adjacent to an activating group) is 1. The van der Waals surface area contributed by atoms with Crippen molar-refractivity contribution in [3.05, 3.63) is 82.6 Å². The van der Waals surface area contributed by atoms with Crippen LogP contribution in [0.3, 0.4) is 0 Å². The first-order chi connectivity index (χ1) is 18.9. The number of nitrogens with two attached hydrogens (primary N) is 1. The molecule has 0 radical (unpaired) electrons. The topological polar surface area (TPSA) is 111 Å². The highest BCUT2D eigenvalue weighted by atomic mass is 19.1. The van der Waals surface area contributed by atoms with E-state index in [2.05, 4.69) is 48.9 Å². The number of hydrogen-bond acceptors (Lipinski definition) is 6. The van der Waals surface area contributed by atoms with E-state index in [4.69, 9.17) is 10.7 Å². The summed E-state index contributed by atoms with van der Waals surface area (Å²) >= 11 is 0. The third kappa shape index (κ3) is 5.32. The smallest absolute Gasteiger partial charge is 0.159 e. The van der Waals surface area contributed by atoms with Gasteiger partial charge in [0, 0.05) is 47.5 Å². The van der Waals surface area contributed by atoms with Gasteiger partial charge in [-0.1, -0.05) is 12.1 Å². The molecule has 2 aliphatic rings. The Bertz CT molecular complexity index is 1550. The molecule has 202 valence electrons. The van der Waals surface area contributed by atoms with E-state index < -0.39 is 0 Å². The fourth-order valence-corrected chi connectivity index (χ4v) is 5.53. The first-order valence-electron chi connectivity index (χ1n) is 13.6. The van der Waals surface area contributed by atoms with Crippen molar-refractivity contribution in [3.63, 3.8) is 0 Å². The van der Waals surface area contributed by atoms with Crippen molar-refractivity contribution in [2.75, 3.05) is 45.6 Å².